The van der Waals surface area contributed by atoms with Gasteiger partial charge in [-0.1, -0.05) is 36.4 Å². The van der Waals surface area contributed by atoms with E-state index < -0.39 is 0 Å². The first-order valence-corrected chi connectivity index (χ1v) is 5.87. The van der Waals surface area contributed by atoms with Gasteiger partial charge in [0.15, 0.2) is 0 Å². The van der Waals surface area contributed by atoms with E-state index in [0.717, 1.165) is 5.75 Å². The van der Waals surface area contributed by atoms with Gasteiger partial charge in [0, 0.05) is 0 Å². The van der Waals surface area contributed by atoms with Crippen LogP contribution in [-0.4, -0.2) is 7.11 Å². The van der Waals surface area contributed by atoms with Crippen LogP contribution in [0.25, 0.3) is 6.08 Å². The SMILES string of the molecule is COc1ccc(/C=C/C2C=CCCC2)cc1. The summed E-state index contributed by atoms with van der Waals surface area (Å²) in [5.41, 5.74) is 1.24. The van der Waals surface area contributed by atoms with Gasteiger partial charge in [0.2, 0.25) is 0 Å². The molecule has 0 amide bonds. The molecule has 0 saturated heterocycles. The molecule has 1 aliphatic rings. The van der Waals surface area contributed by atoms with Gasteiger partial charge in [-0.05, 0) is 42.9 Å². The number of benzene rings is 1. The Bertz CT molecular complexity index is 373. The molecule has 1 heteroatoms. The Morgan fingerprint density at radius 3 is 2.69 bits per heavy atom. The highest BCUT2D eigenvalue weighted by Crippen LogP contribution is 2.20. The summed E-state index contributed by atoms with van der Waals surface area (Å²) in [7, 11) is 1.69. The summed E-state index contributed by atoms with van der Waals surface area (Å²) < 4.78 is 5.13. The lowest BCUT2D eigenvalue weighted by atomic mass is 9.95. The third kappa shape index (κ3) is 2.99. The summed E-state index contributed by atoms with van der Waals surface area (Å²) in [4.78, 5) is 0. The van der Waals surface area contributed by atoms with E-state index in [2.05, 4.69) is 36.4 Å². The normalized spacial score (nSPS) is 20.2. The Kier molecular flexibility index (Phi) is 3.81. The highest BCUT2D eigenvalue weighted by molar-refractivity contribution is 5.51. The lowest BCUT2D eigenvalue weighted by Crippen LogP contribution is -1.95. The van der Waals surface area contributed by atoms with E-state index in [4.69, 9.17) is 4.74 Å². The van der Waals surface area contributed by atoms with Gasteiger partial charge >= 0.3 is 0 Å². The number of rotatable bonds is 3. The average molecular weight is 214 g/mol. The smallest absolute Gasteiger partial charge is 0.118 e. The van der Waals surface area contributed by atoms with Crippen LogP contribution in [0.1, 0.15) is 24.8 Å². The van der Waals surface area contributed by atoms with Crippen LogP contribution in [0, 0.1) is 5.92 Å². The van der Waals surface area contributed by atoms with Gasteiger partial charge in [-0.25, -0.2) is 0 Å². The molecule has 1 atom stereocenters. The molecule has 0 fully saturated rings. The fourth-order valence-corrected chi connectivity index (χ4v) is 1.95. The van der Waals surface area contributed by atoms with Gasteiger partial charge in [0.25, 0.3) is 0 Å². The molecule has 0 aliphatic heterocycles. The fraction of sp³-hybridized carbons (Fsp3) is 0.333. The van der Waals surface area contributed by atoms with Gasteiger partial charge in [-0.2, -0.15) is 0 Å². The van der Waals surface area contributed by atoms with Crippen molar-refractivity contribution in [1.29, 1.82) is 0 Å². The zero-order chi connectivity index (χ0) is 11.2. The summed E-state index contributed by atoms with van der Waals surface area (Å²) in [6.45, 7) is 0. The number of hydrogen-bond acceptors (Lipinski definition) is 1. The lowest BCUT2D eigenvalue weighted by Gasteiger charge is -2.11. The molecule has 0 heterocycles. The number of hydrogen-bond donors (Lipinski definition) is 0. The molecular formula is C15H18O. The van der Waals surface area contributed by atoms with Crippen molar-refractivity contribution in [3.05, 3.63) is 48.1 Å². The molecule has 1 unspecified atom stereocenters. The summed E-state index contributed by atoms with van der Waals surface area (Å²) in [6.07, 6.45) is 12.9. The molecule has 1 nitrogen and oxygen atoms in total. The largest absolute Gasteiger partial charge is 0.497 e. The second-order valence-electron chi connectivity index (χ2n) is 4.16. The highest BCUT2D eigenvalue weighted by atomic mass is 16.5. The maximum absolute atomic E-state index is 5.13. The maximum Gasteiger partial charge on any atom is 0.118 e. The van der Waals surface area contributed by atoms with Gasteiger partial charge in [0.05, 0.1) is 7.11 Å². The van der Waals surface area contributed by atoms with E-state index in [1.165, 1.54) is 24.8 Å². The standard InChI is InChI=1S/C15H18O/c1-16-15-11-9-14(10-12-15)8-7-13-5-3-2-4-6-13/h3,5,7-13H,2,4,6H2,1H3/b8-7+. The molecule has 1 aromatic carbocycles. The first-order chi connectivity index (χ1) is 7.88. The van der Waals surface area contributed by atoms with Crippen molar-refractivity contribution >= 4 is 6.08 Å². The van der Waals surface area contributed by atoms with Crippen LogP contribution >= 0.6 is 0 Å². The minimum Gasteiger partial charge on any atom is -0.497 e. The second-order valence-corrected chi connectivity index (χ2v) is 4.16. The predicted molar refractivity (Wildman–Crippen MR) is 68.5 cm³/mol. The number of methoxy groups -OCH3 is 1. The summed E-state index contributed by atoms with van der Waals surface area (Å²) >= 11 is 0. The zero-order valence-corrected chi connectivity index (χ0v) is 9.73. The minimum atomic E-state index is 0.621. The van der Waals surface area contributed by atoms with E-state index in [-0.39, 0.29) is 0 Å². The molecule has 0 aromatic heterocycles. The van der Waals surface area contributed by atoms with E-state index in [0.29, 0.717) is 5.92 Å². The van der Waals surface area contributed by atoms with E-state index in [9.17, 15) is 0 Å². The molecule has 0 N–H and O–H groups in total. The Labute approximate surface area is 97.4 Å². The van der Waals surface area contributed by atoms with E-state index in [1.807, 2.05) is 12.1 Å². The second kappa shape index (κ2) is 5.55. The minimum absolute atomic E-state index is 0.621. The molecule has 0 bridgehead atoms. The van der Waals surface area contributed by atoms with Crippen molar-refractivity contribution in [2.75, 3.05) is 7.11 Å². The lowest BCUT2D eigenvalue weighted by molar-refractivity contribution is 0.415. The zero-order valence-electron chi connectivity index (χ0n) is 9.73. The van der Waals surface area contributed by atoms with Crippen LogP contribution in [-0.2, 0) is 0 Å². The average Bonchev–Trinajstić information content (AvgIpc) is 2.38. The molecule has 0 spiro atoms. The Morgan fingerprint density at radius 1 is 1.25 bits per heavy atom. The van der Waals surface area contributed by atoms with Crippen LogP contribution in [0.2, 0.25) is 0 Å². The third-order valence-electron chi connectivity index (χ3n) is 2.94. The van der Waals surface area contributed by atoms with E-state index in [1.54, 1.807) is 7.11 Å². The van der Waals surface area contributed by atoms with Crippen molar-refractivity contribution in [3.8, 4) is 5.75 Å². The third-order valence-corrected chi connectivity index (χ3v) is 2.94. The quantitative estimate of drug-likeness (QED) is 0.689. The van der Waals surface area contributed by atoms with Gasteiger partial charge in [-0.3, -0.25) is 0 Å². The van der Waals surface area contributed by atoms with E-state index >= 15 is 0 Å². The molecular weight excluding hydrogens is 196 g/mol. The molecule has 84 valence electrons. The van der Waals surface area contributed by atoms with Crippen LogP contribution < -0.4 is 4.74 Å². The fourth-order valence-electron chi connectivity index (χ4n) is 1.95. The van der Waals surface area contributed by atoms with Crippen LogP contribution in [0.15, 0.2) is 42.5 Å². The molecule has 0 saturated carbocycles. The summed E-state index contributed by atoms with van der Waals surface area (Å²) in [5, 5.41) is 0. The highest BCUT2D eigenvalue weighted by Gasteiger charge is 2.03. The first kappa shape index (κ1) is 11.0. The number of allylic oxidation sites excluding steroid dienone is 3. The molecule has 1 aliphatic carbocycles. The van der Waals surface area contributed by atoms with Crippen LogP contribution in [0.5, 0.6) is 5.75 Å². The van der Waals surface area contributed by atoms with Crippen molar-refractivity contribution in [3.63, 3.8) is 0 Å². The van der Waals surface area contributed by atoms with Crippen LogP contribution in [0.4, 0.5) is 0 Å². The van der Waals surface area contributed by atoms with Crippen molar-refractivity contribution in [2.24, 2.45) is 5.92 Å². The van der Waals surface area contributed by atoms with Crippen LogP contribution in [0.3, 0.4) is 0 Å². The van der Waals surface area contributed by atoms with Crippen molar-refractivity contribution in [2.45, 2.75) is 19.3 Å². The Balaban J connectivity index is 1.99. The molecule has 1 aromatic rings. The molecule has 0 radical (unpaired) electrons. The summed E-state index contributed by atoms with van der Waals surface area (Å²) in [6, 6.07) is 8.16. The number of ether oxygens (including phenoxy) is 1. The first-order valence-electron chi connectivity index (χ1n) is 5.87. The maximum atomic E-state index is 5.13. The Morgan fingerprint density at radius 2 is 2.06 bits per heavy atom. The van der Waals surface area contributed by atoms with Gasteiger partial charge < -0.3 is 4.74 Å². The summed E-state index contributed by atoms with van der Waals surface area (Å²) in [5.74, 6) is 1.53. The predicted octanol–water partition coefficient (Wildman–Crippen LogP) is 4.06. The Hall–Kier alpha value is -1.50. The van der Waals surface area contributed by atoms with Crippen molar-refractivity contribution in [1.82, 2.24) is 0 Å². The topological polar surface area (TPSA) is 9.23 Å². The van der Waals surface area contributed by atoms with Gasteiger partial charge in [0.1, 0.15) is 5.75 Å². The molecule has 2 rings (SSSR count). The van der Waals surface area contributed by atoms with Crippen molar-refractivity contribution < 1.29 is 4.74 Å². The molecule has 16 heavy (non-hydrogen) atoms. The monoisotopic (exact) mass is 214 g/mol. The van der Waals surface area contributed by atoms with Gasteiger partial charge in [-0.15, -0.1) is 0 Å².